The summed E-state index contributed by atoms with van der Waals surface area (Å²) in [5, 5.41) is 9.58. The van der Waals surface area contributed by atoms with Gasteiger partial charge in [-0.05, 0) is 49.8 Å². The van der Waals surface area contributed by atoms with Crippen LogP contribution in [-0.4, -0.2) is 57.4 Å². The first-order valence-electron chi connectivity index (χ1n) is 11.8. The predicted molar refractivity (Wildman–Crippen MR) is 124 cm³/mol. The summed E-state index contributed by atoms with van der Waals surface area (Å²) in [6.45, 7) is 2.33. The van der Waals surface area contributed by atoms with Gasteiger partial charge in [0.1, 0.15) is 5.75 Å². The van der Waals surface area contributed by atoms with E-state index in [1.165, 1.54) is 44.1 Å². The van der Waals surface area contributed by atoms with Crippen LogP contribution in [-0.2, 0) is 16.0 Å². The molecule has 2 aliphatic carbocycles. The van der Waals surface area contributed by atoms with E-state index in [9.17, 15) is 4.79 Å². The van der Waals surface area contributed by atoms with Crippen LogP contribution in [0, 0.1) is 0 Å². The van der Waals surface area contributed by atoms with E-state index < -0.39 is 0 Å². The van der Waals surface area contributed by atoms with Crippen molar-refractivity contribution >= 4 is 11.9 Å². The molecule has 2 aliphatic rings. The molecule has 2 fully saturated rings. The van der Waals surface area contributed by atoms with E-state index in [-0.39, 0.29) is 12.5 Å². The van der Waals surface area contributed by atoms with E-state index >= 15 is 0 Å². The summed E-state index contributed by atoms with van der Waals surface area (Å²) in [5.41, 5.74) is 1.20. The Kier molecular flexibility index (Phi) is 9.96. The van der Waals surface area contributed by atoms with Crippen LogP contribution in [0.25, 0.3) is 0 Å². The van der Waals surface area contributed by atoms with Crippen LogP contribution in [0.4, 0.5) is 0 Å². The standard InChI is InChI=1S/C24H38N4O3/c1-25-24(27-16-17-30-21-6-4-2-3-5-7-21)26-15-14-19-8-12-22(13-9-19)31-18-23(29)28-20-10-11-20/h8-9,12-13,20-21H,2-7,10-11,14-18H2,1H3,(H,28,29)(H2,25,26,27). The maximum Gasteiger partial charge on any atom is 0.258 e. The zero-order chi connectivity index (χ0) is 21.7. The zero-order valence-electron chi connectivity index (χ0n) is 18.8. The Morgan fingerprint density at radius 3 is 2.39 bits per heavy atom. The lowest BCUT2D eigenvalue weighted by Gasteiger charge is -2.17. The SMILES string of the molecule is CN=C(NCCOC1CCCCCC1)NCCc1ccc(OCC(=O)NC2CC2)cc1. The van der Waals surface area contributed by atoms with Crippen LogP contribution >= 0.6 is 0 Å². The fourth-order valence-electron chi connectivity index (χ4n) is 3.75. The number of guanidine groups is 1. The van der Waals surface area contributed by atoms with Crippen molar-refractivity contribution in [2.75, 3.05) is 33.4 Å². The lowest BCUT2D eigenvalue weighted by Crippen LogP contribution is -2.40. The molecule has 7 heteroatoms. The number of hydrogen-bond acceptors (Lipinski definition) is 4. The van der Waals surface area contributed by atoms with Crippen LogP contribution in [0.5, 0.6) is 5.75 Å². The van der Waals surface area contributed by atoms with Crippen LogP contribution < -0.4 is 20.7 Å². The molecule has 0 unspecified atom stereocenters. The number of nitrogens with zero attached hydrogens (tertiary/aromatic N) is 1. The third-order valence-electron chi connectivity index (χ3n) is 5.72. The fraction of sp³-hybridized carbons (Fsp3) is 0.667. The first-order valence-corrected chi connectivity index (χ1v) is 11.8. The van der Waals surface area contributed by atoms with E-state index in [2.05, 4.69) is 20.9 Å². The van der Waals surface area contributed by atoms with E-state index in [4.69, 9.17) is 9.47 Å². The van der Waals surface area contributed by atoms with Crippen LogP contribution in [0.2, 0.25) is 0 Å². The van der Waals surface area contributed by atoms with Gasteiger partial charge in [0.25, 0.3) is 5.91 Å². The van der Waals surface area contributed by atoms with Gasteiger partial charge in [0.15, 0.2) is 12.6 Å². The monoisotopic (exact) mass is 430 g/mol. The van der Waals surface area contributed by atoms with Crippen molar-refractivity contribution in [2.24, 2.45) is 4.99 Å². The van der Waals surface area contributed by atoms with Crippen LogP contribution in [0.15, 0.2) is 29.3 Å². The molecule has 0 aliphatic heterocycles. The van der Waals surface area contributed by atoms with Gasteiger partial charge in [0.05, 0.1) is 12.7 Å². The summed E-state index contributed by atoms with van der Waals surface area (Å²) >= 11 is 0. The average Bonchev–Trinajstić information content (AvgIpc) is 3.62. The molecule has 0 atom stereocenters. The number of benzene rings is 1. The van der Waals surface area contributed by atoms with Gasteiger partial charge in [-0.1, -0.05) is 37.8 Å². The number of ether oxygens (including phenoxy) is 2. The summed E-state index contributed by atoms with van der Waals surface area (Å²) in [4.78, 5) is 16.0. The second-order valence-electron chi connectivity index (χ2n) is 8.43. The Bertz CT molecular complexity index is 681. The van der Waals surface area contributed by atoms with Gasteiger partial charge in [-0.3, -0.25) is 9.79 Å². The van der Waals surface area contributed by atoms with Crippen molar-refractivity contribution in [2.45, 2.75) is 69.9 Å². The summed E-state index contributed by atoms with van der Waals surface area (Å²) in [6.07, 6.45) is 11.2. The molecule has 7 nitrogen and oxygen atoms in total. The molecule has 2 saturated carbocycles. The van der Waals surface area contributed by atoms with Crippen molar-refractivity contribution in [3.05, 3.63) is 29.8 Å². The van der Waals surface area contributed by atoms with Crippen molar-refractivity contribution in [1.82, 2.24) is 16.0 Å². The molecule has 1 aromatic carbocycles. The minimum Gasteiger partial charge on any atom is -0.484 e. The number of hydrogen-bond donors (Lipinski definition) is 3. The van der Waals surface area contributed by atoms with E-state index in [1.807, 2.05) is 24.3 Å². The highest BCUT2D eigenvalue weighted by molar-refractivity contribution is 5.79. The molecule has 172 valence electrons. The maximum atomic E-state index is 11.7. The van der Waals surface area contributed by atoms with E-state index in [1.54, 1.807) is 7.05 Å². The van der Waals surface area contributed by atoms with Gasteiger partial charge in [-0.25, -0.2) is 0 Å². The molecule has 0 radical (unpaired) electrons. The summed E-state index contributed by atoms with van der Waals surface area (Å²) in [6, 6.07) is 8.26. The molecule has 1 amide bonds. The van der Waals surface area contributed by atoms with Crippen LogP contribution in [0.3, 0.4) is 0 Å². The third-order valence-corrected chi connectivity index (χ3v) is 5.72. The lowest BCUT2D eigenvalue weighted by atomic mass is 10.1. The van der Waals surface area contributed by atoms with Crippen molar-refractivity contribution in [1.29, 1.82) is 0 Å². The van der Waals surface area contributed by atoms with E-state index in [0.29, 0.717) is 24.5 Å². The minimum absolute atomic E-state index is 0.0469. The average molecular weight is 431 g/mol. The molecule has 3 N–H and O–H groups in total. The lowest BCUT2D eigenvalue weighted by molar-refractivity contribution is -0.123. The van der Waals surface area contributed by atoms with Gasteiger partial charge in [-0.2, -0.15) is 0 Å². The summed E-state index contributed by atoms with van der Waals surface area (Å²) < 4.78 is 11.6. The smallest absolute Gasteiger partial charge is 0.258 e. The Morgan fingerprint density at radius 1 is 1.00 bits per heavy atom. The molecule has 0 saturated heterocycles. The predicted octanol–water partition coefficient (Wildman–Crippen LogP) is 2.79. The third kappa shape index (κ3) is 9.59. The Hall–Kier alpha value is -2.28. The quantitative estimate of drug-likeness (QED) is 0.218. The molecule has 0 heterocycles. The van der Waals surface area contributed by atoms with Gasteiger partial charge in [-0.15, -0.1) is 0 Å². The van der Waals surface area contributed by atoms with Gasteiger partial charge in [0, 0.05) is 26.2 Å². The number of nitrogens with one attached hydrogen (secondary N) is 3. The Morgan fingerprint density at radius 2 is 1.71 bits per heavy atom. The molecular formula is C24H38N4O3. The number of aliphatic imine (C=N–C) groups is 1. The van der Waals surface area contributed by atoms with Crippen molar-refractivity contribution in [3.63, 3.8) is 0 Å². The van der Waals surface area contributed by atoms with Crippen LogP contribution in [0.1, 0.15) is 56.9 Å². The normalized spacial score (nSPS) is 17.6. The summed E-state index contributed by atoms with van der Waals surface area (Å²) in [5.74, 6) is 1.47. The highest BCUT2D eigenvalue weighted by Crippen LogP contribution is 2.20. The van der Waals surface area contributed by atoms with Gasteiger partial charge in [0.2, 0.25) is 0 Å². The largest absolute Gasteiger partial charge is 0.484 e. The van der Waals surface area contributed by atoms with Gasteiger partial charge < -0.3 is 25.4 Å². The molecule has 0 spiro atoms. The highest BCUT2D eigenvalue weighted by Gasteiger charge is 2.23. The van der Waals surface area contributed by atoms with Crippen molar-refractivity contribution < 1.29 is 14.3 Å². The first-order chi connectivity index (χ1) is 15.2. The number of carbonyl (C=O) groups is 1. The second-order valence-corrected chi connectivity index (χ2v) is 8.43. The fourth-order valence-corrected chi connectivity index (χ4v) is 3.75. The number of amides is 1. The Balaban J connectivity index is 1.26. The number of carbonyl (C=O) groups excluding carboxylic acids is 1. The second kappa shape index (κ2) is 13.2. The minimum atomic E-state index is -0.0469. The number of rotatable bonds is 11. The highest BCUT2D eigenvalue weighted by atomic mass is 16.5. The first kappa shape index (κ1) is 23.4. The van der Waals surface area contributed by atoms with Gasteiger partial charge >= 0.3 is 0 Å². The molecular weight excluding hydrogens is 392 g/mol. The summed E-state index contributed by atoms with van der Waals surface area (Å²) in [7, 11) is 1.78. The Labute approximate surface area is 186 Å². The zero-order valence-corrected chi connectivity index (χ0v) is 18.8. The molecule has 1 aromatic rings. The molecule has 0 bridgehead atoms. The molecule has 3 rings (SSSR count). The molecule has 0 aromatic heterocycles. The maximum absolute atomic E-state index is 11.7. The van der Waals surface area contributed by atoms with Crippen molar-refractivity contribution in [3.8, 4) is 5.75 Å². The van der Waals surface area contributed by atoms with E-state index in [0.717, 1.165) is 38.3 Å². The topological polar surface area (TPSA) is 84.0 Å². The molecule has 31 heavy (non-hydrogen) atoms.